The third-order valence-corrected chi connectivity index (χ3v) is 4.05. The first kappa shape index (κ1) is 13.5. The molecule has 108 valence electrons. The molecular weight excluding hydrogens is 252 g/mol. The van der Waals surface area contributed by atoms with Gasteiger partial charge in [-0.05, 0) is 19.1 Å². The predicted octanol–water partition coefficient (Wildman–Crippen LogP) is 2.29. The average molecular weight is 274 g/mol. The van der Waals surface area contributed by atoms with E-state index in [2.05, 4.69) is 28.5 Å². The van der Waals surface area contributed by atoms with E-state index in [4.69, 9.17) is 9.47 Å². The molecule has 2 aromatic rings. The molecule has 0 atom stereocenters. The number of fused-ring (bicyclic) bond motifs is 1. The highest BCUT2D eigenvalue weighted by atomic mass is 16.5. The van der Waals surface area contributed by atoms with Crippen LogP contribution in [0.4, 0.5) is 0 Å². The van der Waals surface area contributed by atoms with Crippen LogP contribution < -0.4 is 4.74 Å². The highest BCUT2D eigenvalue weighted by molar-refractivity contribution is 5.87. The normalized spacial score (nSPS) is 16.7. The summed E-state index contributed by atoms with van der Waals surface area (Å²) < 4.78 is 13.3. The van der Waals surface area contributed by atoms with Crippen LogP contribution in [0.1, 0.15) is 5.69 Å². The maximum absolute atomic E-state index is 5.52. The Morgan fingerprint density at radius 1 is 1.20 bits per heavy atom. The molecule has 2 heterocycles. The lowest BCUT2D eigenvalue weighted by molar-refractivity contribution is 0.0365. The maximum atomic E-state index is 5.52. The number of benzene rings is 1. The number of methoxy groups -OCH3 is 1. The van der Waals surface area contributed by atoms with E-state index in [0.29, 0.717) is 0 Å². The highest BCUT2D eigenvalue weighted by Gasteiger charge is 2.13. The second-order valence-electron chi connectivity index (χ2n) is 5.29. The SMILES string of the molecule is COc1cccc2cc(C)n(CCN3CCOCC3)c12. The van der Waals surface area contributed by atoms with Crippen molar-refractivity contribution in [1.29, 1.82) is 0 Å². The molecule has 0 spiro atoms. The summed E-state index contributed by atoms with van der Waals surface area (Å²) >= 11 is 0. The Morgan fingerprint density at radius 2 is 2.00 bits per heavy atom. The van der Waals surface area contributed by atoms with Crippen molar-refractivity contribution in [2.75, 3.05) is 40.0 Å². The number of rotatable bonds is 4. The van der Waals surface area contributed by atoms with Crippen LogP contribution in [0.25, 0.3) is 10.9 Å². The summed E-state index contributed by atoms with van der Waals surface area (Å²) in [4.78, 5) is 2.46. The third-order valence-electron chi connectivity index (χ3n) is 4.05. The molecular formula is C16H22N2O2. The van der Waals surface area contributed by atoms with Crippen molar-refractivity contribution >= 4 is 10.9 Å². The molecule has 0 unspecified atom stereocenters. The van der Waals surface area contributed by atoms with Gasteiger partial charge in [0.1, 0.15) is 5.75 Å². The number of hydrogen-bond acceptors (Lipinski definition) is 3. The molecule has 0 bridgehead atoms. The molecule has 1 aliphatic rings. The van der Waals surface area contributed by atoms with Crippen LogP contribution in [0.3, 0.4) is 0 Å². The Morgan fingerprint density at radius 3 is 2.75 bits per heavy atom. The molecule has 0 N–H and O–H groups in total. The van der Waals surface area contributed by atoms with Gasteiger partial charge in [0.2, 0.25) is 0 Å². The van der Waals surface area contributed by atoms with E-state index in [-0.39, 0.29) is 0 Å². The van der Waals surface area contributed by atoms with Gasteiger partial charge in [-0.25, -0.2) is 0 Å². The number of aromatic nitrogens is 1. The van der Waals surface area contributed by atoms with Crippen molar-refractivity contribution in [3.8, 4) is 5.75 Å². The summed E-state index contributed by atoms with van der Waals surface area (Å²) in [6.07, 6.45) is 0. The standard InChI is InChI=1S/C16H22N2O2/c1-13-12-14-4-3-5-15(19-2)16(14)18(13)7-6-17-8-10-20-11-9-17/h3-5,12H,6-11H2,1-2H3. The second-order valence-corrected chi connectivity index (χ2v) is 5.29. The first-order chi connectivity index (χ1) is 9.79. The summed E-state index contributed by atoms with van der Waals surface area (Å²) in [6.45, 7) is 8.01. The fourth-order valence-electron chi connectivity index (χ4n) is 2.94. The molecule has 3 rings (SSSR count). The second kappa shape index (κ2) is 5.85. The molecule has 0 radical (unpaired) electrons. The average Bonchev–Trinajstić information content (AvgIpc) is 2.81. The molecule has 4 heteroatoms. The summed E-state index contributed by atoms with van der Waals surface area (Å²) in [7, 11) is 1.74. The van der Waals surface area contributed by atoms with Crippen molar-refractivity contribution in [2.45, 2.75) is 13.5 Å². The van der Waals surface area contributed by atoms with Gasteiger partial charge in [-0.3, -0.25) is 4.90 Å². The minimum Gasteiger partial charge on any atom is -0.495 e. The minimum absolute atomic E-state index is 0.856. The van der Waals surface area contributed by atoms with Crippen LogP contribution in [-0.4, -0.2) is 49.4 Å². The van der Waals surface area contributed by atoms with Crippen molar-refractivity contribution < 1.29 is 9.47 Å². The largest absolute Gasteiger partial charge is 0.495 e. The Balaban J connectivity index is 1.84. The summed E-state index contributed by atoms with van der Waals surface area (Å²) in [5.74, 6) is 0.956. The van der Waals surface area contributed by atoms with Crippen LogP contribution in [0.15, 0.2) is 24.3 Å². The quantitative estimate of drug-likeness (QED) is 0.856. The zero-order valence-electron chi connectivity index (χ0n) is 12.3. The molecule has 0 saturated carbocycles. The zero-order valence-corrected chi connectivity index (χ0v) is 12.3. The molecule has 1 aliphatic heterocycles. The van der Waals surface area contributed by atoms with E-state index in [1.165, 1.54) is 16.6 Å². The van der Waals surface area contributed by atoms with Gasteiger partial charge < -0.3 is 14.0 Å². The van der Waals surface area contributed by atoms with Crippen LogP contribution >= 0.6 is 0 Å². The fourth-order valence-corrected chi connectivity index (χ4v) is 2.94. The number of aryl methyl sites for hydroxylation is 1. The van der Waals surface area contributed by atoms with E-state index < -0.39 is 0 Å². The monoisotopic (exact) mass is 274 g/mol. The molecule has 1 saturated heterocycles. The highest BCUT2D eigenvalue weighted by Crippen LogP contribution is 2.28. The van der Waals surface area contributed by atoms with Gasteiger partial charge in [0.25, 0.3) is 0 Å². The topological polar surface area (TPSA) is 26.6 Å². The minimum atomic E-state index is 0.856. The van der Waals surface area contributed by atoms with Crippen molar-refractivity contribution in [3.05, 3.63) is 30.0 Å². The van der Waals surface area contributed by atoms with E-state index in [9.17, 15) is 0 Å². The van der Waals surface area contributed by atoms with Crippen LogP contribution in [0.5, 0.6) is 5.75 Å². The summed E-state index contributed by atoms with van der Waals surface area (Å²) in [5.41, 5.74) is 2.50. The lowest BCUT2D eigenvalue weighted by atomic mass is 10.2. The van der Waals surface area contributed by atoms with Gasteiger partial charge in [-0.1, -0.05) is 12.1 Å². The molecule has 20 heavy (non-hydrogen) atoms. The zero-order chi connectivity index (χ0) is 13.9. The summed E-state index contributed by atoms with van der Waals surface area (Å²) in [6, 6.07) is 8.47. The van der Waals surface area contributed by atoms with Crippen LogP contribution in [0.2, 0.25) is 0 Å². The molecule has 0 aliphatic carbocycles. The van der Waals surface area contributed by atoms with E-state index in [1.54, 1.807) is 7.11 Å². The Hall–Kier alpha value is -1.52. The fraction of sp³-hybridized carbons (Fsp3) is 0.500. The van der Waals surface area contributed by atoms with Crippen molar-refractivity contribution in [3.63, 3.8) is 0 Å². The maximum Gasteiger partial charge on any atom is 0.143 e. The number of hydrogen-bond donors (Lipinski definition) is 0. The van der Waals surface area contributed by atoms with Gasteiger partial charge in [0.15, 0.2) is 0 Å². The molecule has 1 fully saturated rings. The number of ether oxygens (including phenoxy) is 2. The first-order valence-corrected chi connectivity index (χ1v) is 7.22. The van der Waals surface area contributed by atoms with Gasteiger partial charge in [0.05, 0.1) is 25.8 Å². The molecule has 4 nitrogen and oxygen atoms in total. The Labute approximate surface area is 119 Å². The van der Waals surface area contributed by atoms with E-state index >= 15 is 0 Å². The summed E-state index contributed by atoms with van der Waals surface area (Å²) in [5, 5.41) is 1.25. The Kier molecular flexibility index (Phi) is 3.94. The van der Waals surface area contributed by atoms with Gasteiger partial charge in [-0.2, -0.15) is 0 Å². The van der Waals surface area contributed by atoms with Gasteiger partial charge in [0, 0.05) is 37.3 Å². The van der Waals surface area contributed by atoms with Crippen LogP contribution in [0, 0.1) is 6.92 Å². The first-order valence-electron chi connectivity index (χ1n) is 7.22. The smallest absolute Gasteiger partial charge is 0.143 e. The van der Waals surface area contributed by atoms with E-state index in [0.717, 1.165) is 45.1 Å². The molecule has 1 aromatic carbocycles. The van der Waals surface area contributed by atoms with Gasteiger partial charge in [-0.15, -0.1) is 0 Å². The van der Waals surface area contributed by atoms with Crippen molar-refractivity contribution in [1.82, 2.24) is 9.47 Å². The molecule has 0 amide bonds. The lowest BCUT2D eigenvalue weighted by Gasteiger charge is -2.27. The van der Waals surface area contributed by atoms with Crippen molar-refractivity contribution in [2.24, 2.45) is 0 Å². The lowest BCUT2D eigenvalue weighted by Crippen LogP contribution is -2.38. The van der Waals surface area contributed by atoms with Gasteiger partial charge >= 0.3 is 0 Å². The Bertz CT molecular complexity index is 585. The number of para-hydroxylation sites is 1. The number of nitrogens with zero attached hydrogens (tertiary/aromatic N) is 2. The molecule has 1 aromatic heterocycles. The third kappa shape index (κ3) is 2.53. The van der Waals surface area contributed by atoms with Crippen LogP contribution in [-0.2, 0) is 11.3 Å². The van der Waals surface area contributed by atoms with E-state index in [1.807, 2.05) is 12.1 Å². The number of morpholine rings is 1. The predicted molar refractivity (Wildman–Crippen MR) is 80.5 cm³/mol.